The molecule has 1 N–H and O–H groups in total. The van der Waals surface area contributed by atoms with Crippen molar-refractivity contribution in [2.45, 2.75) is 6.42 Å². The number of benzene rings is 4. The van der Waals surface area contributed by atoms with Crippen molar-refractivity contribution in [2.75, 3.05) is 25.6 Å². The fraction of sp³-hybridized carbons (Fsp3) is 0.121. The second-order valence-electron chi connectivity index (χ2n) is 9.18. The maximum absolute atomic E-state index is 12.5. The van der Waals surface area contributed by atoms with Gasteiger partial charge >= 0.3 is 5.97 Å². The first-order valence-electron chi connectivity index (χ1n) is 13.1. The molecule has 0 bridgehead atoms. The molecule has 7 nitrogen and oxygen atoms in total. The molecule has 1 aliphatic heterocycles. The topological polar surface area (TPSA) is 90.9 Å². The van der Waals surface area contributed by atoms with Crippen LogP contribution in [0.5, 0.6) is 11.5 Å². The fourth-order valence-electron chi connectivity index (χ4n) is 4.25. The van der Waals surface area contributed by atoms with E-state index >= 15 is 0 Å². The van der Waals surface area contributed by atoms with Crippen molar-refractivity contribution in [3.63, 3.8) is 0 Å². The molecule has 9 heteroatoms. The molecule has 2 heterocycles. The molecule has 0 unspecified atom stereocenters. The number of ether oxygens (including phenoxy) is 3. The molecular weight excluding hydrogens is 574 g/mol. The van der Waals surface area contributed by atoms with Crippen LogP contribution in [0.25, 0.3) is 20.5 Å². The summed E-state index contributed by atoms with van der Waals surface area (Å²) in [6, 6.07) is 28.7. The zero-order valence-corrected chi connectivity index (χ0v) is 24.2. The highest BCUT2D eigenvalue weighted by molar-refractivity contribution is 7.21. The number of hydrogen-bond acceptors (Lipinski definition) is 7. The van der Waals surface area contributed by atoms with Crippen LogP contribution in [0.2, 0.25) is 5.02 Å². The molecule has 0 spiro atoms. The van der Waals surface area contributed by atoms with Gasteiger partial charge in [-0.1, -0.05) is 54.1 Å². The van der Waals surface area contributed by atoms with Crippen molar-refractivity contribution in [3.8, 4) is 21.9 Å². The van der Waals surface area contributed by atoms with Crippen LogP contribution >= 0.6 is 22.9 Å². The summed E-state index contributed by atoms with van der Waals surface area (Å²) in [5.74, 6) is 0.312. The minimum Gasteiger partial charge on any atom is -0.490 e. The van der Waals surface area contributed by atoms with Crippen LogP contribution in [0.1, 0.15) is 27.1 Å². The number of anilines is 1. The van der Waals surface area contributed by atoms with Crippen LogP contribution in [0.3, 0.4) is 0 Å². The summed E-state index contributed by atoms with van der Waals surface area (Å²) in [4.78, 5) is 37.3. The Morgan fingerprint density at radius 2 is 1.60 bits per heavy atom. The summed E-state index contributed by atoms with van der Waals surface area (Å²) in [6.45, 7) is 1.13. The molecule has 5 aromatic rings. The van der Waals surface area contributed by atoms with E-state index in [9.17, 15) is 14.4 Å². The molecular formula is C33H26ClNO6S. The molecule has 0 saturated heterocycles. The van der Waals surface area contributed by atoms with E-state index in [0.29, 0.717) is 51.9 Å². The molecule has 42 heavy (non-hydrogen) atoms. The number of rotatable bonds is 4. The van der Waals surface area contributed by atoms with Crippen molar-refractivity contribution in [1.82, 2.24) is 0 Å². The number of methoxy groups -OCH3 is 1. The summed E-state index contributed by atoms with van der Waals surface area (Å²) in [5.41, 5.74) is 2.18. The van der Waals surface area contributed by atoms with E-state index in [4.69, 9.17) is 25.8 Å². The second kappa shape index (κ2) is 13.3. The minimum atomic E-state index is -0.510. The molecule has 0 aliphatic carbocycles. The summed E-state index contributed by atoms with van der Waals surface area (Å²) < 4.78 is 16.8. The first-order valence-corrected chi connectivity index (χ1v) is 14.3. The van der Waals surface area contributed by atoms with Gasteiger partial charge in [0, 0.05) is 38.0 Å². The molecule has 0 saturated carbocycles. The highest BCUT2D eigenvalue weighted by Crippen LogP contribution is 2.31. The van der Waals surface area contributed by atoms with Crippen molar-refractivity contribution < 1.29 is 23.8 Å². The normalized spacial score (nSPS) is 12.0. The van der Waals surface area contributed by atoms with Crippen LogP contribution in [-0.2, 0) is 4.74 Å². The lowest BCUT2D eigenvalue weighted by Gasteiger charge is -2.11. The van der Waals surface area contributed by atoms with Gasteiger partial charge in [0.15, 0.2) is 16.9 Å². The Morgan fingerprint density at radius 3 is 2.38 bits per heavy atom. The smallest absolute Gasteiger partial charge is 0.339 e. The molecule has 1 aliphatic rings. The van der Waals surface area contributed by atoms with Crippen LogP contribution in [0.4, 0.5) is 5.69 Å². The van der Waals surface area contributed by atoms with Gasteiger partial charge in [-0.3, -0.25) is 9.59 Å². The van der Waals surface area contributed by atoms with Gasteiger partial charge in [0.05, 0.1) is 31.6 Å². The highest BCUT2D eigenvalue weighted by atomic mass is 35.5. The SMILES string of the molecule is COC(=O)c1ccccc1NC(=O)c1ccc2c(c1)OCCCO2.O=c1cc(-c2ccccc2)sc2ccc(Cl)cc12. The van der Waals surface area contributed by atoms with Gasteiger partial charge in [-0.2, -0.15) is 0 Å². The predicted octanol–water partition coefficient (Wildman–Crippen LogP) is 7.47. The first kappa shape index (κ1) is 28.9. The minimum absolute atomic E-state index is 0.0186. The molecule has 0 atom stereocenters. The lowest BCUT2D eigenvalue weighted by Crippen LogP contribution is -2.15. The molecule has 1 aromatic heterocycles. The third-order valence-corrected chi connectivity index (χ3v) is 7.72. The molecule has 212 valence electrons. The lowest BCUT2D eigenvalue weighted by molar-refractivity contribution is 0.0602. The van der Waals surface area contributed by atoms with Gasteiger partial charge in [0.25, 0.3) is 5.91 Å². The van der Waals surface area contributed by atoms with Crippen molar-refractivity contribution in [1.29, 1.82) is 0 Å². The number of esters is 1. The molecule has 4 aromatic carbocycles. The quantitative estimate of drug-likeness (QED) is 0.216. The van der Waals surface area contributed by atoms with Crippen molar-refractivity contribution >= 4 is 50.6 Å². The van der Waals surface area contributed by atoms with E-state index in [2.05, 4.69) is 5.32 Å². The van der Waals surface area contributed by atoms with Gasteiger partial charge < -0.3 is 19.5 Å². The summed E-state index contributed by atoms with van der Waals surface area (Å²) in [5, 5.41) is 4.01. The number of fused-ring (bicyclic) bond motifs is 2. The predicted molar refractivity (Wildman–Crippen MR) is 166 cm³/mol. The zero-order valence-electron chi connectivity index (χ0n) is 22.6. The van der Waals surface area contributed by atoms with Gasteiger partial charge in [0.2, 0.25) is 0 Å². The Bertz CT molecular complexity index is 1800. The van der Waals surface area contributed by atoms with Crippen LogP contribution in [0, 0.1) is 0 Å². The third kappa shape index (κ3) is 6.79. The van der Waals surface area contributed by atoms with Crippen molar-refractivity contribution in [2.24, 2.45) is 0 Å². The number of para-hydroxylation sites is 1. The zero-order chi connectivity index (χ0) is 29.5. The third-order valence-electron chi connectivity index (χ3n) is 6.34. The number of halogens is 1. The average molecular weight is 600 g/mol. The van der Waals surface area contributed by atoms with E-state index in [-0.39, 0.29) is 11.3 Å². The molecule has 0 radical (unpaired) electrons. The van der Waals surface area contributed by atoms with E-state index < -0.39 is 5.97 Å². The van der Waals surface area contributed by atoms with Gasteiger partial charge in [0.1, 0.15) is 0 Å². The van der Waals surface area contributed by atoms with Crippen LogP contribution in [-0.4, -0.2) is 32.2 Å². The van der Waals surface area contributed by atoms with E-state index in [1.807, 2.05) is 42.5 Å². The van der Waals surface area contributed by atoms with E-state index in [0.717, 1.165) is 21.6 Å². The van der Waals surface area contributed by atoms with Gasteiger partial charge in [-0.05, 0) is 54.1 Å². The number of amides is 1. The maximum atomic E-state index is 12.5. The Labute approximate surface area is 251 Å². The Morgan fingerprint density at radius 1 is 0.857 bits per heavy atom. The molecule has 1 amide bonds. The summed E-state index contributed by atoms with van der Waals surface area (Å²) in [6.07, 6.45) is 0.794. The van der Waals surface area contributed by atoms with Crippen LogP contribution in [0.15, 0.2) is 102 Å². The summed E-state index contributed by atoms with van der Waals surface area (Å²) in [7, 11) is 1.30. The van der Waals surface area contributed by atoms with E-state index in [1.165, 1.54) is 7.11 Å². The second-order valence-corrected chi connectivity index (χ2v) is 10.7. The Kier molecular flexibility index (Phi) is 9.16. The fourth-order valence-corrected chi connectivity index (χ4v) is 5.49. The monoisotopic (exact) mass is 599 g/mol. The van der Waals surface area contributed by atoms with Crippen molar-refractivity contribution in [3.05, 3.63) is 123 Å². The first-order chi connectivity index (χ1) is 20.4. The Hall–Kier alpha value is -4.66. The maximum Gasteiger partial charge on any atom is 0.339 e. The lowest BCUT2D eigenvalue weighted by atomic mass is 10.1. The molecule has 0 fully saturated rings. The van der Waals surface area contributed by atoms with Gasteiger partial charge in [-0.15, -0.1) is 11.3 Å². The number of nitrogens with one attached hydrogen (secondary N) is 1. The highest BCUT2D eigenvalue weighted by Gasteiger charge is 2.17. The summed E-state index contributed by atoms with van der Waals surface area (Å²) >= 11 is 7.52. The van der Waals surface area contributed by atoms with Gasteiger partial charge in [-0.25, -0.2) is 4.79 Å². The Balaban J connectivity index is 0.000000175. The largest absolute Gasteiger partial charge is 0.490 e. The standard InChI is InChI=1S/C18H17NO5.C15H9ClOS/c1-22-18(21)13-5-2-3-6-14(13)19-17(20)12-7-8-15-16(11-12)24-10-4-9-23-15;16-11-6-7-14-12(8-11)13(17)9-15(18-14)10-4-2-1-3-5-10/h2-3,5-8,11H,4,9-10H2,1H3,(H,19,20);1-9H. The van der Waals surface area contributed by atoms with E-state index in [1.54, 1.807) is 65.9 Å². The van der Waals surface area contributed by atoms with Crippen LogP contribution < -0.4 is 20.2 Å². The molecule has 6 rings (SSSR count). The number of carbonyl (C=O) groups excluding carboxylic acids is 2. The average Bonchev–Trinajstić information content (AvgIpc) is 3.27. The number of hydrogen-bond donors (Lipinski definition) is 1. The number of carbonyl (C=O) groups is 2.